The van der Waals surface area contributed by atoms with E-state index in [1.165, 1.54) is 0 Å². The third-order valence-corrected chi connectivity index (χ3v) is 1.65. The lowest BCUT2D eigenvalue weighted by Gasteiger charge is -2.19. The first-order chi connectivity index (χ1) is 5.72. The van der Waals surface area contributed by atoms with Gasteiger partial charge >= 0.3 is 0 Å². The molecule has 0 fully saturated rings. The van der Waals surface area contributed by atoms with Crippen LogP contribution in [0.5, 0.6) is 0 Å². The Kier molecular flexibility index (Phi) is 5.60. The van der Waals surface area contributed by atoms with Gasteiger partial charge < -0.3 is 0 Å². The first-order valence-corrected chi connectivity index (χ1v) is 4.56. The van der Waals surface area contributed by atoms with Crippen LogP contribution in [0, 0.1) is 5.92 Å². The second-order valence-corrected chi connectivity index (χ2v) is 2.86. The fourth-order valence-corrected chi connectivity index (χ4v) is 1.04. The topological polar surface area (TPSA) is 12.4 Å². The predicted octanol–water partition coefficient (Wildman–Crippen LogP) is 3.02. The number of halogens is 1. The van der Waals surface area contributed by atoms with Gasteiger partial charge in [0.05, 0.1) is 6.04 Å². The van der Waals surface area contributed by atoms with E-state index in [0.717, 1.165) is 0 Å². The second-order valence-electron chi connectivity index (χ2n) is 2.86. The van der Waals surface area contributed by atoms with Crippen molar-refractivity contribution in [3.05, 3.63) is 12.2 Å². The molecule has 1 heterocycles. The fraction of sp³-hybridized carbons (Fsp3) is 0.700. The van der Waals surface area contributed by atoms with Crippen LogP contribution in [0.2, 0.25) is 0 Å². The lowest BCUT2D eigenvalue weighted by Crippen LogP contribution is -2.26. The lowest BCUT2D eigenvalue weighted by atomic mass is 9.99. The molecule has 1 rings (SSSR count). The van der Waals surface area contributed by atoms with Gasteiger partial charge in [-0.25, -0.2) is 4.39 Å². The predicted molar refractivity (Wildman–Crippen MR) is 52.5 cm³/mol. The van der Waals surface area contributed by atoms with E-state index in [1.54, 1.807) is 18.4 Å². The summed E-state index contributed by atoms with van der Waals surface area (Å²) in [7, 11) is 0. The Hall–Kier alpha value is -0.660. The van der Waals surface area contributed by atoms with E-state index >= 15 is 0 Å². The average Bonchev–Trinajstić information content (AvgIpc) is 2.08. The summed E-state index contributed by atoms with van der Waals surface area (Å²) in [5.41, 5.74) is 0. The molecule has 0 aromatic carbocycles. The number of nitrogens with zero attached hydrogens (tertiary/aromatic N) is 1. The van der Waals surface area contributed by atoms with E-state index in [4.69, 9.17) is 0 Å². The summed E-state index contributed by atoms with van der Waals surface area (Å²) in [4.78, 5) is 4.02. The minimum atomic E-state index is -0.884. The van der Waals surface area contributed by atoms with Crippen LogP contribution in [0.1, 0.15) is 27.7 Å². The fourth-order valence-electron chi connectivity index (χ4n) is 1.04. The van der Waals surface area contributed by atoms with Crippen molar-refractivity contribution in [1.29, 1.82) is 0 Å². The van der Waals surface area contributed by atoms with E-state index in [0.29, 0.717) is 0 Å². The molecule has 70 valence electrons. The molecule has 1 nitrogen and oxygen atoms in total. The highest BCUT2D eigenvalue weighted by Gasteiger charge is 2.21. The third kappa shape index (κ3) is 3.16. The summed E-state index contributed by atoms with van der Waals surface area (Å²) < 4.78 is 12.9. The van der Waals surface area contributed by atoms with Gasteiger partial charge in [-0.2, -0.15) is 0 Å². The maximum absolute atomic E-state index is 12.9. The van der Waals surface area contributed by atoms with Gasteiger partial charge in [-0.05, 0) is 18.1 Å². The van der Waals surface area contributed by atoms with Gasteiger partial charge in [-0.3, -0.25) is 4.99 Å². The molecule has 2 atom stereocenters. The van der Waals surface area contributed by atoms with Crippen LogP contribution < -0.4 is 0 Å². The van der Waals surface area contributed by atoms with E-state index in [9.17, 15) is 4.39 Å². The molecule has 0 radical (unpaired) electrons. The SMILES string of the molecule is CC.CC(C)C1N=CC=CC1F. The number of alkyl halides is 1. The minimum absolute atomic E-state index is 0.162. The number of aliphatic imine (C=N–C) groups is 1. The zero-order valence-corrected chi connectivity index (χ0v) is 8.29. The molecule has 1 aliphatic rings. The lowest BCUT2D eigenvalue weighted by molar-refractivity contribution is 0.292. The van der Waals surface area contributed by atoms with Gasteiger partial charge in [-0.15, -0.1) is 0 Å². The molecule has 1 aliphatic heterocycles. The molecular weight excluding hydrogens is 153 g/mol. The highest BCUT2D eigenvalue weighted by atomic mass is 19.1. The molecule has 0 amide bonds. The van der Waals surface area contributed by atoms with Crippen molar-refractivity contribution in [2.24, 2.45) is 10.9 Å². The van der Waals surface area contributed by atoms with Crippen molar-refractivity contribution < 1.29 is 4.39 Å². The molecule has 12 heavy (non-hydrogen) atoms. The number of hydrogen-bond donors (Lipinski definition) is 0. The maximum Gasteiger partial charge on any atom is 0.141 e. The molecule has 0 aliphatic carbocycles. The smallest absolute Gasteiger partial charge is 0.141 e. The first kappa shape index (κ1) is 11.3. The highest BCUT2D eigenvalue weighted by Crippen LogP contribution is 2.16. The number of hydrogen-bond acceptors (Lipinski definition) is 1. The van der Waals surface area contributed by atoms with Crippen molar-refractivity contribution in [3.8, 4) is 0 Å². The van der Waals surface area contributed by atoms with Crippen molar-refractivity contribution >= 4 is 6.21 Å². The van der Waals surface area contributed by atoms with Crippen molar-refractivity contribution in [2.45, 2.75) is 39.9 Å². The Morgan fingerprint density at radius 1 is 1.33 bits per heavy atom. The molecule has 0 aromatic heterocycles. The molecule has 0 aromatic rings. The molecule has 0 saturated heterocycles. The summed E-state index contributed by atoms with van der Waals surface area (Å²) in [6, 6.07) is -0.162. The van der Waals surface area contributed by atoms with Crippen LogP contribution in [-0.2, 0) is 0 Å². The maximum atomic E-state index is 12.9. The molecular formula is C10H18FN. The third-order valence-electron chi connectivity index (χ3n) is 1.65. The van der Waals surface area contributed by atoms with Crippen molar-refractivity contribution in [1.82, 2.24) is 0 Å². The number of rotatable bonds is 1. The summed E-state index contributed by atoms with van der Waals surface area (Å²) >= 11 is 0. The summed E-state index contributed by atoms with van der Waals surface area (Å²) in [6.07, 6.45) is 3.99. The van der Waals surface area contributed by atoms with Gasteiger partial charge in [-0.1, -0.05) is 27.7 Å². The van der Waals surface area contributed by atoms with Gasteiger partial charge in [0.25, 0.3) is 0 Å². The van der Waals surface area contributed by atoms with E-state index in [2.05, 4.69) is 4.99 Å². The summed E-state index contributed by atoms with van der Waals surface area (Å²) in [5.74, 6) is 0.288. The molecule has 0 N–H and O–H groups in total. The van der Waals surface area contributed by atoms with E-state index in [-0.39, 0.29) is 12.0 Å². The van der Waals surface area contributed by atoms with Crippen LogP contribution in [0.15, 0.2) is 17.1 Å². The summed E-state index contributed by atoms with van der Waals surface area (Å²) in [6.45, 7) is 7.96. The van der Waals surface area contributed by atoms with E-state index in [1.807, 2.05) is 27.7 Å². The van der Waals surface area contributed by atoms with Crippen molar-refractivity contribution in [2.75, 3.05) is 0 Å². The van der Waals surface area contributed by atoms with Gasteiger partial charge in [0.2, 0.25) is 0 Å². The van der Waals surface area contributed by atoms with E-state index < -0.39 is 6.17 Å². The number of allylic oxidation sites excluding steroid dienone is 1. The Morgan fingerprint density at radius 2 is 1.92 bits per heavy atom. The normalized spacial score (nSPS) is 26.8. The zero-order valence-electron chi connectivity index (χ0n) is 8.29. The Morgan fingerprint density at radius 3 is 2.25 bits per heavy atom. The Labute approximate surface area is 74.4 Å². The molecule has 2 unspecified atom stereocenters. The Balaban J connectivity index is 0.000000561. The highest BCUT2D eigenvalue weighted by molar-refractivity contribution is 5.72. The van der Waals surface area contributed by atoms with Crippen LogP contribution in [-0.4, -0.2) is 18.4 Å². The molecule has 2 heteroatoms. The standard InChI is InChI=1S/C8H12FN.C2H6/c1-6(2)8-7(9)4-3-5-10-8;1-2/h3-8H,1-2H3;1-2H3. The largest absolute Gasteiger partial charge is 0.286 e. The summed E-state index contributed by atoms with van der Waals surface area (Å²) in [5, 5.41) is 0. The Bertz CT molecular complexity index is 161. The van der Waals surface area contributed by atoms with Gasteiger partial charge in [0.15, 0.2) is 0 Å². The minimum Gasteiger partial charge on any atom is -0.286 e. The molecule has 0 spiro atoms. The zero-order chi connectivity index (χ0) is 9.56. The van der Waals surface area contributed by atoms with Crippen LogP contribution >= 0.6 is 0 Å². The molecule has 0 saturated carbocycles. The average molecular weight is 171 g/mol. The second kappa shape index (κ2) is 5.92. The quantitative estimate of drug-likeness (QED) is 0.575. The van der Waals surface area contributed by atoms with Gasteiger partial charge in [0, 0.05) is 6.21 Å². The van der Waals surface area contributed by atoms with Crippen LogP contribution in [0.25, 0.3) is 0 Å². The van der Waals surface area contributed by atoms with Crippen LogP contribution in [0.4, 0.5) is 4.39 Å². The molecule has 0 bridgehead atoms. The number of dihydropyridines is 1. The van der Waals surface area contributed by atoms with Crippen molar-refractivity contribution in [3.63, 3.8) is 0 Å². The van der Waals surface area contributed by atoms with Crippen LogP contribution in [0.3, 0.4) is 0 Å². The van der Waals surface area contributed by atoms with Gasteiger partial charge in [0.1, 0.15) is 6.17 Å². The monoisotopic (exact) mass is 171 g/mol. The first-order valence-electron chi connectivity index (χ1n) is 4.56.